The van der Waals surface area contributed by atoms with E-state index < -0.39 is 0 Å². The molecule has 2 nitrogen and oxygen atoms in total. The van der Waals surface area contributed by atoms with E-state index in [4.69, 9.17) is 4.74 Å². The number of likely N-dealkylation sites (tertiary alicyclic amines) is 1. The first kappa shape index (κ1) is 13.5. The molecule has 0 aromatic rings. The van der Waals surface area contributed by atoms with Crippen molar-refractivity contribution in [3.05, 3.63) is 0 Å². The summed E-state index contributed by atoms with van der Waals surface area (Å²) >= 11 is 3.67. The summed E-state index contributed by atoms with van der Waals surface area (Å²) in [6.45, 7) is 8.13. The number of hydrogen-bond donors (Lipinski definition) is 0. The maximum absolute atomic E-state index is 5.40. The average Bonchev–Trinajstić information content (AvgIpc) is 2.73. The maximum atomic E-state index is 5.40. The van der Waals surface area contributed by atoms with Crippen molar-refractivity contribution in [2.24, 2.45) is 5.41 Å². The van der Waals surface area contributed by atoms with Crippen LogP contribution in [0.1, 0.15) is 33.1 Å². The van der Waals surface area contributed by atoms with Crippen LogP contribution in [-0.4, -0.2) is 43.1 Å². The molecule has 1 fully saturated rings. The van der Waals surface area contributed by atoms with Gasteiger partial charge in [-0.15, -0.1) is 0 Å². The Bertz CT molecular complexity index is 174. The van der Waals surface area contributed by atoms with Crippen LogP contribution in [0.4, 0.5) is 0 Å². The molecule has 1 heterocycles. The van der Waals surface area contributed by atoms with E-state index in [1.165, 1.54) is 32.4 Å². The Morgan fingerprint density at radius 2 is 2.07 bits per heavy atom. The number of methoxy groups -OCH3 is 1. The largest absolute Gasteiger partial charge is 0.380 e. The number of halogens is 1. The minimum Gasteiger partial charge on any atom is -0.380 e. The lowest BCUT2D eigenvalue weighted by atomic mass is 9.84. The van der Waals surface area contributed by atoms with Crippen LogP contribution in [0.15, 0.2) is 0 Å². The van der Waals surface area contributed by atoms with Crippen molar-refractivity contribution in [3.63, 3.8) is 0 Å². The molecule has 0 spiro atoms. The summed E-state index contributed by atoms with van der Waals surface area (Å²) in [5.74, 6) is 0. The second-order valence-electron chi connectivity index (χ2n) is 4.72. The van der Waals surface area contributed by atoms with Crippen molar-refractivity contribution in [2.75, 3.05) is 32.1 Å². The topological polar surface area (TPSA) is 12.5 Å². The van der Waals surface area contributed by atoms with E-state index in [1.807, 2.05) is 7.11 Å². The third-order valence-electron chi connectivity index (χ3n) is 3.90. The van der Waals surface area contributed by atoms with E-state index in [9.17, 15) is 0 Å². The molecule has 0 saturated carbocycles. The van der Waals surface area contributed by atoms with Crippen LogP contribution in [0.25, 0.3) is 0 Å². The lowest BCUT2D eigenvalue weighted by Crippen LogP contribution is -2.37. The SMILES string of the molecule is CCC(CC)(CBr)CN1CCC(OC)C1. The number of ether oxygens (including phenoxy) is 1. The van der Waals surface area contributed by atoms with E-state index in [-0.39, 0.29) is 0 Å². The van der Waals surface area contributed by atoms with Gasteiger partial charge in [-0.05, 0) is 24.7 Å². The highest BCUT2D eigenvalue weighted by Crippen LogP contribution is 2.31. The van der Waals surface area contributed by atoms with Crippen LogP contribution in [0.3, 0.4) is 0 Å². The summed E-state index contributed by atoms with van der Waals surface area (Å²) in [6, 6.07) is 0. The average molecular weight is 278 g/mol. The summed E-state index contributed by atoms with van der Waals surface area (Å²) < 4.78 is 5.40. The molecule has 0 N–H and O–H groups in total. The summed E-state index contributed by atoms with van der Waals surface area (Å²) in [5.41, 5.74) is 0.461. The first-order valence-electron chi connectivity index (χ1n) is 6.00. The zero-order chi connectivity index (χ0) is 11.3. The number of nitrogens with zero attached hydrogens (tertiary/aromatic N) is 1. The number of alkyl halides is 1. The molecule has 0 aliphatic carbocycles. The van der Waals surface area contributed by atoms with Crippen molar-refractivity contribution < 1.29 is 4.74 Å². The third kappa shape index (κ3) is 3.43. The molecule has 1 aliphatic rings. The Labute approximate surface area is 102 Å². The quantitative estimate of drug-likeness (QED) is 0.693. The van der Waals surface area contributed by atoms with Gasteiger partial charge >= 0.3 is 0 Å². The van der Waals surface area contributed by atoms with E-state index in [0.717, 1.165) is 11.9 Å². The first-order chi connectivity index (χ1) is 7.19. The molecule has 1 unspecified atom stereocenters. The number of hydrogen-bond acceptors (Lipinski definition) is 2. The van der Waals surface area contributed by atoms with Gasteiger partial charge in [-0.25, -0.2) is 0 Å². The lowest BCUT2D eigenvalue weighted by molar-refractivity contribution is 0.0985. The van der Waals surface area contributed by atoms with Crippen LogP contribution >= 0.6 is 15.9 Å². The molecule has 0 aromatic carbocycles. The third-order valence-corrected chi connectivity index (χ3v) is 5.09. The Balaban J connectivity index is 2.45. The van der Waals surface area contributed by atoms with Gasteiger partial charge in [-0.3, -0.25) is 0 Å². The fourth-order valence-corrected chi connectivity index (χ4v) is 3.28. The summed E-state index contributed by atoms with van der Waals surface area (Å²) in [6.07, 6.45) is 4.17. The van der Waals surface area contributed by atoms with Gasteiger partial charge in [0.05, 0.1) is 6.10 Å². The minimum atomic E-state index is 0.461. The van der Waals surface area contributed by atoms with Gasteiger partial charge in [-0.2, -0.15) is 0 Å². The smallest absolute Gasteiger partial charge is 0.0710 e. The Kier molecular flexibility index (Phi) is 5.58. The molecule has 1 atom stereocenters. The molecule has 1 saturated heterocycles. The summed E-state index contributed by atoms with van der Waals surface area (Å²) in [4.78, 5) is 2.56. The van der Waals surface area contributed by atoms with Crippen molar-refractivity contribution in [2.45, 2.75) is 39.2 Å². The summed E-state index contributed by atoms with van der Waals surface area (Å²) in [7, 11) is 1.82. The lowest BCUT2D eigenvalue weighted by Gasteiger charge is -2.34. The highest BCUT2D eigenvalue weighted by molar-refractivity contribution is 9.09. The second-order valence-corrected chi connectivity index (χ2v) is 5.28. The predicted octanol–water partition coefficient (Wildman–Crippen LogP) is 2.91. The van der Waals surface area contributed by atoms with E-state index in [1.54, 1.807) is 0 Å². The molecule has 0 aromatic heterocycles. The second kappa shape index (κ2) is 6.21. The highest BCUT2D eigenvalue weighted by atomic mass is 79.9. The molecular formula is C12H24BrNO. The van der Waals surface area contributed by atoms with Crippen molar-refractivity contribution in [1.82, 2.24) is 4.90 Å². The van der Waals surface area contributed by atoms with E-state index in [2.05, 4.69) is 34.7 Å². The molecule has 3 heteroatoms. The van der Waals surface area contributed by atoms with Gasteiger partial charge in [0.2, 0.25) is 0 Å². The molecule has 90 valence electrons. The van der Waals surface area contributed by atoms with Crippen LogP contribution in [0, 0.1) is 5.41 Å². The molecule has 15 heavy (non-hydrogen) atoms. The predicted molar refractivity (Wildman–Crippen MR) is 68.7 cm³/mol. The summed E-state index contributed by atoms with van der Waals surface area (Å²) in [5, 5.41) is 1.11. The highest BCUT2D eigenvalue weighted by Gasteiger charge is 2.31. The van der Waals surface area contributed by atoms with Gasteiger partial charge in [0.25, 0.3) is 0 Å². The van der Waals surface area contributed by atoms with Gasteiger partial charge in [0.15, 0.2) is 0 Å². The Morgan fingerprint density at radius 1 is 1.40 bits per heavy atom. The van der Waals surface area contributed by atoms with Crippen LogP contribution in [-0.2, 0) is 4.74 Å². The van der Waals surface area contributed by atoms with Crippen LogP contribution in [0.5, 0.6) is 0 Å². The molecule has 0 bridgehead atoms. The number of rotatable bonds is 6. The minimum absolute atomic E-state index is 0.461. The van der Waals surface area contributed by atoms with Gasteiger partial charge in [0.1, 0.15) is 0 Å². The molecule has 0 radical (unpaired) electrons. The Hall–Kier alpha value is 0.400. The maximum Gasteiger partial charge on any atom is 0.0710 e. The van der Waals surface area contributed by atoms with Crippen molar-refractivity contribution >= 4 is 15.9 Å². The van der Waals surface area contributed by atoms with Gasteiger partial charge in [-0.1, -0.05) is 29.8 Å². The standard InChI is InChI=1S/C12H24BrNO/c1-4-12(5-2,9-13)10-14-7-6-11(8-14)15-3/h11H,4-10H2,1-3H3. The Morgan fingerprint density at radius 3 is 2.47 bits per heavy atom. The molecular weight excluding hydrogens is 254 g/mol. The van der Waals surface area contributed by atoms with Crippen molar-refractivity contribution in [3.8, 4) is 0 Å². The van der Waals surface area contributed by atoms with Crippen LogP contribution < -0.4 is 0 Å². The van der Waals surface area contributed by atoms with Crippen LogP contribution in [0.2, 0.25) is 0 Å². The van der Waals surface area contributed by atoms with Gasteiger partial charge < -0.3 is 9.64 Å². The van der Waals surface area contributed by atoms with Gasteiger partial charge in [0, 0.05) is 32.1 Å². The zero-order valence-corrected chi connectivity index (χ0v) is 11.8. The fraction of sp³-hybridized carbons (Fsp3) is 1.00. The van der Waals surface area contributed by atoms with E-state index >= 15 is 0 Å². The monoisotopic (exact) mass is 277 g/mol. The molecule has 0 amide bonds. The van der Waals surface area contributed by atoms with Crippen molar-refractivity contribution in [1.29, 1.82) is 0 Å². The molecule has 1 rings (SSSR count). The van der Waals surface area contributed by atoms with E-state index in [0.29, 0.717) is 11.5 Å². The zero-order valence-electron chi connectivity index (χ0n) is 10.3. The first-order valence-corrected chi connectivity index (χ1v) is 7.13. The normalized spacial score (nSPS) is 23.6. The fourth-order valence-electron chi connectivity index (χ4n) is 2.31. The molecule has 1 aliphatic heterocycles.